The van der Waals surface area contributed by atoms with Crippen LogP contribution < -0.4 is 10.1 Å². The van der Waals surface area contributed by atoms with Crippen LogP contribution >= 0.6 is 0 Å². The minimum Gasteiger partial charge on any atom is -0.497 e. The molecule has 1 atom stereocenters. The van der Waals surface area contributed by atoms with Crippen LogP contribution in [-0.2, 0) is 0 Å². The molecule has 106 valence electrons. The third-order valence-corrected chi connectivity index (χ3v) is 3.57. The molecule has 0 spiro atoms. The van der Waals surface area contributed by atoms with Crippen molar-refractivity contribution in [2.75, 3.05) is 13.7 Å². The molecule has 0 bridgehead atoms. The van der Waals surface area contributed by atoms with E-state index in [-0.39, 0.29) is 0 Å². The molecule has 2 aromatic rings. The van der Waals surface area contributed by atoms with Crippen LogP contribution in [0.2, 0.25) is 0 Å². The van der Waals surface area contributed by atoms with Gasteiger partial charge in [0.05, 0.1) is 7.11 Å². The molecule has 0 saturated heterocycles. The van der Waals surface area contributed by atoms with Gasteiger partial charge in [-0.25, -0.2) is 0 Å². The molecule has 0 aliphatic heterocycles. The van der Waals surface area contributed by atoms with Gasteiger partial charge in [0.1, 0.15) is 5.75 Å². The molecular weight excluding hydrogens is 246 g/mol. The van der Waals surface area contributed by atoms with Crippen molar-refractivity contribution in [3.05, 3.63) is 54.1 Å². The molecule has 0 aliphatic rings. The Morgan fingerprint density at radius 2 is 1.75 bits per heavy atom. The van der Waals surface area contributed by atoms with Crippen molar-refractivity contribution in [2.24, 2.45) is 0 Å². The van der Waals surface area contributed by atoms with Gasteiger partial charge < -0.3 is 10.1 Å². The maximum Gasteiger partial charge on any atom is 0.118 e. The fourth-order valence-corrected chi connectivity index (χ4v) is 2.46. The molecule has 0 radical (unpaired) electrons. The van der Waals surface area contributed by atoms with Crippen LogP contribution in [-0.4, -0.2) is 13.7 Å². The average molecular weight is 269 g/mol. The summed E-state index contributed by atoms with van der Waals surface area (Å²) in [7, 11) is 1.69. The monoisotopic (exact) mass is 269 g/mol. The molecule has 2 rings (SSSR count). The summed E-state index contributed by atoms with van der Waals surface area (Å²) in [6.07, 6.45) is 1.10. The van der Waals surface area contributed by atoms with Crippen LogP contribution in [0.5, 0.6) is 5.75 Å². The van der Waals surface area contributed by atoms with Crippen LogP contribution in [0.25, 0.3) is 11.1 Å². The summed E-state index contributed by atoms with van der Waals surface area (Å²) in [5, 5.41) is 3.53. The van der Waals surface area contributed by atoms with Gasteiger partial charge in [-0.3, -0.25) is 0 Å². The third kappa shape index (κ3) is 3.40. The fraction of sp³-hybridized carbons (Fsp3) is 0.333. The van der Waals surface area contributed by atoms with Crippen molar-refractivity contribution >= 4 is 0 Å². The molecular formula is C18H23NO. The summed E-state index contributed by atoms with van der Waals surface area (Å²) < 4.78 is 5.21. The Labute approximate surface area is 121 Å². The zero-order valence-corrected chi connectivity index (χ0v) is 12.5. The zero-order valence-electron chi connectivity index (χ0n) is 12.5. The molecule has 20 heavy (non-hydrogen) atoms. The van der Waals surface area contributed by atoms with Gasteiger partial charge in [0, 0.05) is 6.04 Å². The summed E-state index contributed by atoms with van der Waals surface area (Å²) in [6.45, 7) is 5.36. The van der Waals surface area contributed by atoms with Crippen LogP contribution in [0.1, 0.15) is 31.9 Å². The SMILES string of the molecule is CCNC(CC)c1cccc(-c2ccc(OC)cc2)c1. The minimum atomic E-state index is 0.429. The minimum absolute atomic E-state index is 0.429. The summed E-state index contributed by atoms with van der Waals surface area (Å²) in [6, 6.07) is 17.4. The lowest BCUT2D eigenvalue weighted by atomic mass is 9.98. The quantitative estimate of drug-likeness (QED) is 0.838. The Morgan fingerprint density at radius 1 is 1.00 bits per heavy atom. The Morgan fingerprint density at radius 3 is 2.35 bits per heavy atom. The van der Waals surface area contributed by atoms with Gasteiger partial charge in [-0.1, -0.05) is 44.2 Å². The van der Waals surface area contributed by atoms with Crippen molar-refractivity contribution in [1.82, 2.24) is 5.32 Å². The molecule has 1 N–H and O–H groups in total. The van der Waals surface area contributed by atoms with E-state index in [4.69, 9.17) is 4.74 Å². The van der Waals surface area contributed by atoms with Crippen molar-refractivity contribution in [2.45, 2.75) is 26.3 Å². The topological polar surface area (TPSA) is 21.3 Å². The fourth-order valence-electron chi connectivity index (χ4n) is 2.46. The summed E-state index contributed by atoms with van der Waals surface area (Å²) >= 11 is 0. The Bertz CT molecular complexity index is 533. The van der Waals surface area contributed by atoms with E-state index in [0.29, 0.717) is 6.04 Å². The average Bonchev–Trinajstić information content (AvgIpc) is 2.53. The van der Waals surface area contributed by atoms with E-state index in [1.165, 1.54) is 16.7 Å². The van der Waals surface area contributed by atoms with Gasteiger partial charge in [-0.2, -0.15) is 0 Å². The zero-order chi connectivity index (χ0) is 14.4. The molecule has 0 amide bonds. The second kappa shape index (κ2) is 7.11. The maximum atomic E-state index is 5.21. The number of benzene rings is 2. The van der Waals surface area contributed by atoms with E-state index < -0.39 is 0 Å². The largest absolute Gasteiger partial charge is 0.497 e. The maximum absolute atomic E-state index is 5.21. The molecule has 0 aromatic heterocycles. The number of hydrogen-bond acceptors (Lipinski definition) is 2. The lowest BCUT2D eigenvalue weighted by Crippen LogP contribution is -2.19. The third-order valence-electron chi connectivity index (χ3n) is 3.57. The van der Waals surface area contributed by atoms with Gasteiger partial charge in [-0.05, 0) is 47.9 Å². The lowest BCUT2D eigenvalue weighted by molar-refractivity contribution is 0.415. The van der Waals surface area contributed by atoms with Crippen LogP contribution in [0.3, 0.4) is 0 Å². The number of ether oxygens (including phenoxy) is 1. The predicted octanol–water partition coefficient (Wildman–Crippen LogP) is 4.42. The van der Waals surface area contributed by atoms with E-state index in [2.05, 4.69) is 55.6 Å². The van der Waals surface area contributed by atoms with Crippen molar-refractivity contribution in [3.63, 3.8) is 0 Å². The summed E-state index contributed by atoms with van der Waals surface area (Å²) in [5.74, 6) is 0.893. The Balaban J connectivity index is 2.28. The first kappa shape index (κ1) is 14.6. The first-order valence-corrected chi connectivity index (χ1v) is 7.26. The predicted molar refractivity (Wildman–Crippen MR) is 85.1 cm³/mol. The number of rotatable bonds is 6. The first-order chi connectivity index (χ1) is 9.78. The molecule has 0 saturated carbocycles. The van der Waals surface area contributed by atoms with Crippen LogP contribution in [0.4, 0.5) is 0 Å². The summed E-state index contributed by atoms with van der Waals surface area (Å²) in [5.41, 5.74) is 3.82. The van der Waals surface area contributed by atoms with Crippen LogP contribution in [0.15, 0.2) is 48.5 Å². The second-order valence-electron chi connectivity index (χ2n) is 4.87. The number of nitrogens with one attached hydrogen (secondary N) is 1. The van der Waals surface area contributed by atoms with Gasteiger partial charge in [-0.15, -0.1) is 0 Å². The highest BCUT2D eigenvalue weighted by Crippen LogP contribution is 2.26. The highest BCUT2D eigenvalue weighted by atomic mass is 16.5. The van der Waals surface area contributed by atoms with Crippen LogP contribution in [0, 0.1) is 0 Å². The van der Waals surface area contributed by atoms with Gasteiger partial charge in [0.2, 0.25) is 0 Å². The first-order valence-electron chi connectivity index (χ1n) is 7.26. The van der Waals surface area contributed by atoms with E-state index >= 15 is 0 Å². The Hall–Kier alpha value is -1.80. The molecule has 2 aromatic carbocycles. The molecule has 0 fully saturated rings. The smallest absolute Gasteiger partial charge is 0.118 e. The van der Waals surface area contributed by atoms with Gasteiger partial charge in [0.25, 0.3) is 0 Å². The van der Waals surface area contributed by atoms with Gasteiger partial charge >= 0.3 is 0 Å². The van der Waals surface area contributed by atoms with E-state index in [9.17, 15) is 0 Å². The number of hydrogen-bond donors (Lipinski definition) is 1. The molecule has 0 aliphatic carbocycles. The molecule has 1 unspecified atom stereocenters. The highest BCUT2D eigenvalue weighted by Gasteiger charge is 2.08. The van der Waals surface area contributed by atoms with Crippen molar-refractivity contribution in [3.8, 4) is 16.9 Å². The normalized spacial score (nSPS) is 12.2. The molecule has 2 heteroatoms. The van der Waals surface area contributed by atoms with Crippen molar-refractivity contribution < 1.29 is 4.74 Å². The van der Waals surface area contributed by atoms with E-state index in [0.717, 1.165) is 18.7 Å². The lowest BCUT2D eigenvalue weighted by Gasteiger charge is -2.17. The summed E-state index contributed by atoms with van der Waals surface area (Å²) in [4.78, 5) is 0. The molecule has 0 heterocycles. The Kier molecular flexibility index (Phi) is 5.19. The van der Waals surface area contributed by atoms with Gasteiger partial charge in [0.15, 0.2) is 0 Å². The van der Waals surface area contributed by atoms with E-state index in [1.807, 2.05) is 12.1 Å². The highest BCUT2D eigenvalue weighted by molar-refractivity contribution is 5.65. The standard InChI is InChI=1S/C18H23NO/c1-4-18(19-5-2)16-8-6-7-15(13-16)14-9-11-17(20-3)12-10-14/h6-13,18-19H,4-5H2,1-3H3. The molecule has 2 nitrogen and oxygen atoms in total. The number of methoxy groups -OCH3 is 1. The van der Waals surface area contributed by atoms with E-state index in [1.54, 1.807) is 7.11 Å². The second-order valence-corrected chi connectivity index (χ2v) is 4.87. The van der Waals surface area contributed by atoms with Crippen molar-refractivity contribution in [1.29, 1.82) is 0 Å².